The molecule has 2 aromatic heterocycles. The lowest BCUT2D eigenvalue weighted by Gasteiger charge is -2.38. The molecule has 0 spiro atoms. The summed E-state index contributed by atoms with van der Waals surface area (Å²) in [5, 5.41) is 5.37. The van der Waals surface area contributed by atoms with Crippen LogP contribution in [0.1, 0.15) is 37.5 Å². The van der Waals surface area contributed by atoms with Gasteiger partial charge in [0.25, 0.3) is 11.1 Å². The molecular formula is C21H24ClN5O3. The molecule has 1 aromatic carbocycles. The van der Waals surface area contributed by atoms with Crippen LogP contribution in [0, 0.1) is 0 Å². The summed E-state index contributed by atoms with van der Waals surface area (Å²) < 4.78 is 10.8. The van der Waals surface area contributed by atoms with Gasteiger partial charge in [0.05, 0.1) is 34.1 Å². The minimum atomic E-state index is -0.288. The Morgan fingerprint density at radius 1 is 1.10 bits per heavy atom. The van der Waals surface area contributed by atoms with Gasteiger partial charge in [-0.2, -0.15) is 5.10 Å². The number of ether oxygens (including phenoxy) is 1. The van der Waals surface area contributed by atoms with Crippen LogP contribution in [0.3, 0.4) is 0 Å². The second kappa shape index (κ2) is 6.99. The molecule has 5 rings (SSSR count). The van der Waals surface area contributed by atoms with Crippen LogP contribution in [0.25, 0.3) is 10.8 Å². The molecule has 9 heteroatoms. The van der Waals surface area contributed by atoms with E-state index in [2.05, 4.69) is 16.2 Å². The van der Waals surface area contributed by atoms with E-state index < -0.39 is 0 Å². The fourth-order valence-corrected chi connectivity index (χ4v) is 4.47. The van der Waals surface area contributed by atoms with E-state index in [9.17, 15) is 9.59 Å². The molecule has 2 fully saturated rings. The average Bonchev–Trinajstić information content (AvgIpc) is 3.46. The maximum atomic E-state index is 12.8. The topological polar surface area (TPSA) is 74.3 Å². The Morgan fingerprint density at radius 2 is 1.83 bits per heavy atom. The Hall–Kier alpha value is -2.58. The average molecular weight is 430 g/mol. The molecule has 1 aliphatic carbocycles. The lowest BCUT2D eigenvalue weighted by molar-refractivity contribution is -0.0174. The molecule has 1 saturated carbocycles. The van der Waals surface area contributed by atoms with Crippen molar-refractivity contribution in [3.8, 4) is 0 Å². The van der Waals surface area contributed by atoms with E-state index in [0.29, 0.717) is 24.5 Å². The van der Waals surface area contributed by atoms with Crippen LogP contribution >= 0.6 is 11.6 Å². The highest BCUT2D eigenvalue weighted by molar-refractivity contribution is 6.35. The Bertz CT molecular complexity index is 1260. The standard InChI is InChI=1S/C21H24ClN5O3/c1-12-9-26(11-18(30-12)13-8-23-27(10-13)14-4-5-14)15-6-16-19(17(22)7-15)21(29)25(3)24(2)20(16)28/h6-8,10,12,14,18H,4-5,9,11H2,1-3H3. The third kappa shape index (κ3) is 3.15. The van der Waals surface area contributed by atoms with Gasteiger partial charge in [0.15, 0.2) is 0 Å². The highest BCUT2D eigenvalue weighted by Crippen LogP contribution is 2.36. The molecule has 2 unspecified atom stereocenters. The van der Waals surface area contributed by atoms with Gasteiger partial charge in [-0.15, -0.1) is 0 Å². The molecule has 2 atom stereocenters. The maximum absolute atomic E-state index is 12.8. The summed E-state index contributed by atoms with van der Waals surface area (Å²) in [7, 11) is 3.14. The fraction of sp³-hybridized carbons (Fsp3) is 0.476. The van der Waals surface area contributed by atoms with Gasteiger partial charge < -0.3 is 9.64 Å². The van der Waals surface area contributed by atoms with Gasteiger partial charge in [0.1, 0.15) is 6.10 Å². The second-order valence-electron chi connectivity index (χ2n) is 8.33. The minimum absolute atomic E-state index is 0.00558. The Balaban J connectivity index is 1.53. The Labute approximate surface area is 178 Å². The zero-order valence-corrected chi connectivity index (χ0v) is 18.0. The molecule has 8 nitrogen and oxygen atoms in total. The number of rotatable bonds is 3. The summed E-state index contributed by atoms with van der Waals surface area (Å²) in [6, 6.07) is 4.06. The van der Waals surface area contributed by atoms with Gasteiger partial charge in [-0.25, -0.2) is 0 Å². The normalized spacial score (nSPS) is 22.1. The molecule has 3 aromatic rings. The largest absolute Gasteiger partial charge is 0.367 e. The summed E-state index contributed by atoms with van der Waals surface area (Å²) in [4.78, 5) is 27.6. The molecule has 3 heterocycles. The van der Waals surface area contributed by atoms with Crippen molar-refractivity contribution in [1.29, 1.82) is 0 Å². The molecular weight excluding hydrogens is 406 g/mol. The SMILES string of the molecule is CC1CN(c2cc(Cl)c3c(=O)n(C)n(C)c(=O)c3c2)CC(c2cnn(C3CC3)c2)O1. The van der Waals surface area contributed by atoms with Gasteiger partial charge >= 0.3 is 0 Å². The lowest BCUT2D eigenvalue weighted by atomic mass is 10.1. The molecule has 0 N–H and O–H groups in total. The lowest BCUT2D eigenvalue weighted by Crippen LogP contribution is -2.43. The number of aromatic nitrogens is 4. The van der Waals surface area contributed by atoms with Gasteiger partial charge in [0, 0.05) is 44.6 Å². The number of hydrogen-bond acceptors (Lipinski definition) is 5. The van der Waals surface area contributed by atoms with Crippen LogP contribution in [0.2, 0.25) is 5.02 Å². The first-order valence-corrected chi connectivity index (χ1v) is 10.5. The number of nitrogens with zero attached hydrogens (tertiary/aromatic N) is 5. The zero-order chi connectivity index (χ0) is 21.2. The molecule has 1 saturated heterocycles. The van der Waals surface area contributed by atoms with Crippen molar-refractivity contribution < 1.29 is 4.74 Å². The summed E-state index contributed by atoms with van der Waals surface area (Å²) >= 11 is 6.49. The van der Waals surface area contributed by atoms with E-state index in [0.717, 1.165) is 11.3 Å². The third-order valence-corrected chi connectivity index (χ3v) is 6.39. The van der Waals surface area contributed by atoms with Crippen LogP contribution < -0.4 is 16.0 Å². The van der Waals surface area contributed by atoms with Crippen molar-refractivity contribution in [3.05, 3.63) is 55.8 Å². The minimum Gasteiger partial charge on any atom is -0.367 e. The first kappa shape index (κ1) is 19.4. The van der Waals surface area contributed by atoms with E-state index in [1.807, 2.05) is 17.8 Å². The van der Waals surface area contributed by atoms with Crippen molar-refractivity contribution in [2.24, 2.45) is 14.1 Å². The van der Waals surface area contributed by atoms with Crippen LogP contribution in [0.5, 0.6) is 0 Å². The number of hydrogen-bond donors (Lipinski definition) is 0. The molecule has 0 amide bonds. The number of morpholine rings is 1. The fourth-order valence-electron chi connectivity index (χ4n) is 4.17. The van der Waals surface area contributed by atoms with E-state index in [-0.39, 0.29) is 33.7 Å². The highest BCUT2D eigenvalue weighted by Gasteiger charge is 2.30. The molecule has 0 bridgehead atoms. The van der Waals surface area contributed by atoms with Gasteiger partial charge in [-0.1, -0.05) is 11.6 Å². The number of fused-ring (bicyclic) bond motifs is 1. The summed E-state index contributed by atoms with van der Waals surface area (Å²) in [6.45, 7) is 3.32. The van der Waals surface area contributed by atoms with E-state index in [1.165, 1.54) is 22.2 Å². The third-order valence-electron chi connectivity index (χ3n) is 6.10. The van der Waals surface area contributed by atoms with Gasteiger partial charge in [0.2, 0.25) is 0 Å². The summed E-state index contributed by atoms with van der Waals surface area (Å²) in [6.07, 6.45) is 6.19. The van der Waals surface area contributed by atoms with Crippen LogP contribution in [0.15, 0.2) is 34.1 Å². The van der Waals surface area contributed by atoms with Crippen molar-refractivity contribution in [1.82, 2.24) is 19.1 Å². The van der Waals surface area contributed by atoms with Crippen molar-refractivity contribution in [3.63, 3.8) is 0 Å². The highest BCUT2D eigenvalue weighted by atomic mass is 35.5. The van der Waals surface area contributed by atoms with Crippen molar-refractivity contribution in [2.45, 2.75) is 38.0 Å². The van der Waals surface area contributed by atoms with Crippen molar-refractivity contribution >= 4 is 28.1 Å². The smallest absolute Gasteiger partial charge is 0.274 e. The Kier molecular flexibility index (Phi) is 4.52. The summed E-state index contributed by atoms with van der Waals surface area (Å²) in [5.41, 5.74) is 1.33. The molecule has 0 radical (unpaired) electrons. The molecule has 2 aliphatic rings. The first-order chi connectivity index (χ1) is 14.3. The zero-order valence-electron chi connectivity index (χ0n) is 17.2. The van der Waals surface area contributed by atoms with E-state index in [1.54, 1.807) is 26.2 Å². The number of benzene rings is 1. The predicted molar refractivity (Wildman–Crippen MR) is 115 cm³/mol. The second-order valence-corrected chi connectivity index (χ2v) is 8.74. The van der Waals surface area contributed by atoms with Gasteiger partial charge in [-0.05, 0) is 31.9 Å². The van der Waals surface area contributed by atoms with Crippen LogP contribution in [-0.2, 0) is 18.8 Å². The van der Waals surface area contributed by atoms with Crippen LogP contribution in [-0.4, -0.2) is 38.3 Å². The molecule has 1 aliphatic heterocycles. The molecule has 158 valence electrons. The number of anilines is 1. The van der Waals surface area contributed by atoms with E-state index >= 15 is 0 Å². The quantitative estimate of drug-likeness (QED) is 0.639. The number of halogens is 1. The molecule has 30 heavy (non-hydrogen) atoms. The maximum Gasteiger partial charge on any atom is 0.274 e. The Morgan fingerprint density at radius 3 is 2.57 bits per heavy atom. The first-order valence-electron chi connectivity index (χ1n) is 10.2. The monoisotopic (exact) mass is 429 g/mol. The van der Waals surface area contributed by atoms with Crippen LogP contribution in [0.4, 0.5) is 5.69 Å². The van der Waals surface area contributed by atoms with Gasteiger partial charge in [-0.3, -0.25) is 23.6 Å². The summed E-state index contributed by atoms with van der Waals surface area (Å²) in [5.74, 6) is 0. The predicted octanol–water partition coefficient (Wildman–Crippen LogP) is 2.39. The van der Waals surface area contributed by atoms with E-state index in [4.69, 9.17) is 16.3 Å². The van der Waals surface area contributed by atoms with Crippen molar-refractivity contribution in [2.75, 3.05) is 18.0 Å².